The van der Waals surface area contributed by atoms with Crippen LogP contribution in [0.3, 0.4) is 0 Å². The first-order chi connectivity index (χ1) is 7.31. The number of unbranched alkanes of at least 4 members (excludes halogenated alkanes) is 4. The van der Waals surface area contributed by atoms with E-state index in [0.717, 1.165) is 12.8 Å². The number of esters is 1. The first kappa shape index (κ1) is 14.8. The van der Waals surface area contributed by atoms with Crippen LogP contribution in [0, 0.1) is 0 Å². The summed E-state index contributed by atoms with van der Waals surface area (Å²) >= 11 is 2.04. The highest BCUT2D eigenvalue weighted by atomic mass is 32.2. The van der Waals surface area contributed by atoms with Crippen molar-refractivity contribution in [2.45, 2.75) is 51.9 Å². The fourth-order valence-electron chi connectivity index (χ4n) is 1.31. The summed E-state index contributed by atoms with van der Waals surface area (Å²) in [5.41, 5.74) is 0. The third-order valence-corrected chi connectivity index (χ3v) is 3.44. The third kappa shape index (κ3) is 11.7. The summed E-state index contributed by atoms with van der Waals surface area (Å²) in [4.78, 5) is 10.8. The lowest BCUT2D eigenvalue weighted by molar-refractivity contribution is -0.140. The first-order valence-corrected chi connectivity index (χ1v) is 7.11. The van der Waals surface area contributed by atoms with Gasteiger partial charge in [-0.25, -0.2) is 0 Å². The Bertz CT molecular complexity index is 149. The van der Waals surface area contributed by atoms with Crippen molar-refractivity contribution in [3.8, 4) is 0 Å². The lowest BCUT2D eigenvalue weighted by Crippen LogP contribution is -1.99. The predicted octanol–water partition coefficient (Wildman–Crippen LogP) is 3.64. The molecule has 0 saturated heterocycles. The molecule has 15 heavy (non-hydrogen) atoms. The minimum Gasteiger partial charge on any atom is -0.469 e. The van der Waals surface area contributed by atoms with Crippen LogP contribution < -0.4 is 0 Å². The van der Waals surface area contributed by atoms with Crippen molar-refractivity contribution in [1.29, 1.82) is 0 Å². The summed E-state index contributed by atoms with van der Waals surface area (Å²) in [5, 5.41) is 0. The van der Waals surface area contributed by atoms with E-state index in [1.54, 1.807) is 0 Å². The minimum atomic E-state index is -0.0781. The largest absolute Gasteiger partial charge is 0.469 e. The molecule has 0 heterocycles. The van der Waals surface area contributed by atoms with Gasteiger partial charge in [0.25, 0.3) is 0 Å². The van der Waals surface area contributed by atoms with Gasteiger partial charge in [0.1, 0.15) is 0 Å². The molecule has 0 bridgehead atoms. The summed E-state index contributed by atoms with van der Waals surface area (Å²) in [6.45, 7) is 2.23. The number of methoxy groups -OCH3 is 1. The van der Waals surface area contributed by atoms with Crippen molar-refractivity contribution in [3.05, 3.63) is 0 Å². The van der Waals surface area contributed by atoms with E-state index in [-0.39, 0.29) is 5.97 Å². The van der Waals surface area contributed by atoms with Crippen LogP contribution in [0.4, 0.5) is 0 Å². The number of ether oxygens (including phenoxy) is 1. The summed E-state index contributed by atoms with van der Waals surface area (Å²) in [5.74, 6) is 2.46. The highest BCUT2D eigenvalue weighted by molar-refractivity contribution is 7.99. The van der Waals surface area contributed by atoms with E-state index in [0.29, 0.717) is 6.42 Å². The number of hydrogen-bond donors (Lipinski definition) is 0. The van der Waals surface area contributed by atoms with E-state index >= 15 is 0 Å². The zero-order chi connectivity index (χ0) is 11.4. The average Bonchev–Trinajstić information content (AvgIpc) is 2.26. The number of rotatable bonds is 10. The molecule has 0 saturated carbocycles. The van der Waals surface area contributed by atoms with Crippen molar-refractivity contribution >= 4 is 17.7 Å². The van der Waals surface area contributed by atoms with E-state index in [2.05, 4.69) is 11.7 Å². The van der Waals surface area contributed by atoms with E-state index in [1.165, 1.54) is 44.3 Å². The second-order valence-corrected chi connectivity index (χ2v) is 4.93. The molecule has 0 aliphatic carbocycles. The van der Waals surface area contributed by atoms with Gasteiger partial charge in [0, 0.05) is 6.42 Å². The summed E-state index contributed by atoms with van der Waals surface area (Å²) in [6.07, 6.45) is 7.95. The molecule has 0 radical (unpaired) electrons. The Kier molecular flexibility index (Phi) is 11.7. The monoisotopic (exact) mass is 232 g/mol. The van der Waals surface area contributed by atoms with Crippen molar-refractivity contribution in [2.24, 2.45) is 0 Å². The van der Waals surface area contributed by atoms with Gasteiger partial charge in [0.15, 0.2) is 0 Å². The van der Waals surface area contributed by atoms with Gasteiger partial charge < -0.3 is 4.74 Å². The van der Waals surface area contributed by atoms with Gasteiger partial charge in [0.05, 0.1) is 7.11 Å². The third-order valence-electron chi connectivity index (χ3n) is 2.29. The molecule has 0 aromatic rings. The number of thioether (sulfide) groups is 1. The molecule has 0 fully saturated rings. The van der Waals surface area contributed by atoms with Gasteiger partial charge in [-0.2, -0.15) is 11.8 Å². The lowest BCUT2D eigenvalue weighted by Gasteiger charge is -2.01. The van der Waals surface area contributed by atoms with Gasteiger partial charge in [-0.3, -0.25) is 4.79 Å². The maximum Gasteiger partial charge on any atom is 0.305 e. The van der Waals surface area contributed by atoms with Crippen LogP contribution in [0.15, 0.2) is 0 Å². The smallest absolute Gasteiger partial charge is 0.305 e. The van der Waals surface area contributed by atoms with Crippen LogP contribution in [-0.2, 0) is 9.53 Å². The van der Waals surface area contributed by atoms with Crippen molar-refractivity contribution in [1.82, 2.24) is 0 Å². The van der Waals surface area contributed by atoms with Crippen LogP contribution >= 0.6 is 11.8 Å². The molecule has 0 aliphatic rings. The average molecular weight is 232 g/mol. The van der Waals surface area contributed by atoms with Crippen LogP contribution in [0.25, 0.3) is 0 Å². The lowest BCUT2D eigenvalue weighted by atomic mass is 10.2. The maximum absolute atomic E-state index is 10.8. The Balaban J connectivity index is 2.95. The van der Waals surface area contributed by atoms with Gasteiger partial charge in [-0.05, 0) is 30.8 Å². The van der Waals surface area contributed by atoms with Gasteiger partial charge >= 0.3 is 5.97 Å². The predicted molar refractivity (Wildman–Crippen MR) is 67.3 cm³/mol. The molecule has 0 aliphatic heterocycles. The zero-order valence-electron chi connectivity index (χ0n) is 10.1. The van der Waals surface area contributed by atoms with Crippen molar-refractivity contribution in [2.75, 3.05) is 18.6 Å². The van der Waals surface area contributed by atoms with Gasteiger partial charge in [0.2, 0.25) is 0 Å². The fraction of sp³-hybridized carbons (Fsp3) is 0.917. The van der Waals surface area contributed by atoms with Crippen LogP contribution in [-0.4, -0.2) is 24.6 Å². The molecule has 0 amide bonds. The van der Waals surface area contributed by atoms with E-state index in [9.17, 15) is 4.79 Å². The van der Waals surface area contributed by atoms with Gasteiger partial charge in [-0.1, -0.05) is 26.2 Å². The second-order valence-electron chi connectivity index (χ2n) is 3.71. The standard InChI is InChI=1S/C12H24O2S/c1-3-4-7-10-15-11-8-5-6-9-12(13)14-2/h3-11H2,1-2H3. The highest BCUT2D eigenvalue weighted by Crippen LogP contribution is 2.10. The molecule has 0 aromatic carbocycles. The Hall–Kier alpha value is -0.180. The summed E-state index contributed by atoms with van der Waals surface area (Å²) < 4.78 is 4.58. The van der Waals surface area contributed by atoms with E-state index < -0.39 is 0 Å². The summed E-state index contributed by atoms with van der Waals surface area (Å²) in [7, 11) is 1.45. The van der Waals surface area contributed by atoms with Crippen molar-refractivity contribution in [3.63, 3.8) is 0 Å². The molecular formula is C12H24O2S. The Morgan fingerprint density at radius 2 is 1.73 bits per heavy atom. The van der Waals surface area contributed by atoms with Crippen LogP contribution in [0.5, 0.6) is 0 Å². The topological polar surface area (TPSA) is 26.3 Å². The molecule has 0 atom stereocenters. The molecule has 0 spiro atoms. The molecule has 0 aromatic heterocycles. The molecular weight excluding hydrogens is 208 g/mol. The van der Waals surface area contributed by atoms with E-state index in [4.69, 9.17) is 0 Å². The van der Waals surface area contributed by atoms with Crippen LogP contribution in [0.2, 0.25) is 0 Å². The molecule has 90 valence electrons. The second kappa shape index (κ2) is 11.9. The van der Waals surface area contributed by atoms with Gasteiger partial charge in [-0.15, -0.1) is 0 Å². The molecule has 0 N–H and O–H groups in total. The van der Waals surface area contributed by atoms with E-state index in [1.807, 2.05) is 11.8 Å². The van der Waals surface area contributed by atoms with Crippen molar-refractivity contribution < 1.29 is 9.53 Å². The molecule has 3 heteroatoms. The highest BCUT2D eigenvalue weighted by Gasteiger charge is 1.98. The first-order valence-electron chi connectivity index (χ1n) is 5.95. The molecule has 0 rings (SSSR count). The minimum absolute atomic E-state index is 0.0781. The van der Waals surface area contributed by atoms with Crippen LogP contribution in [0.1, 0.15) is 51.9 Å². The SMILES string of the molecule is CCCCCSCCCCCC(=O)OC. The Morgan fingerprint density at radius 3 is 2.33 bits per heavy atom. The number of hydrogen-bond acceptors (Lipinski definition) is 3. The Labute approximate surface area is 98.2 Å². The fourth-order valence-corrected chi connectivity index (χ4v) is 2.33. The molecule has 0 unspecified atom stereocenters. The quantitative estimate of drug-likeness (QED) is 0.425. The zero-order valence-corrected chi connectivity index (χ0v) is 10.9. The maximum atomic E-state index is 10.8. The number of carbonyl (C=O) groups is 1. The normalized spacial score (nSPS) is 10.3. The Morgan fingerprint density at radius 1 is 1.07 bits per heavy atom. The molecule has 2 nitrogen and oxygen atoms in total. The summed E-state index contributed by atoms with van der Waals surface area (Å²) in [6, 6.07) is 0. The number of carbonyl (C=O) groups excluding carboxylic acids is 1.